The number of pyridine rings is 1. The molecule has 2 N–H and O–H groups in total. The van der Waals surface area contributed by atoms with Gasteiger partial charge in [0, 0.05) is 34.3 Å². The van der Waals surface area contributed by atoms with Crippen LogP contribution in [-0.2, 0) is 6.42 Å². The number of nitrogens with zero attached hydrogens (tertiary/aromatic N) is 1. The van der Waals surface area contributed by atoms with Crippen molar-refractivity contribution in [2.75, 3.05) is 11.9 Å². The molecule has 1 aromatic heterocycles. The predicted octanol–water partition coefficient (Wildman–Crippen LogP) is 4.99. The number of aromatic nitrogens is 1. The summed E-state index contributed by atoms with van der Waals surface area (Å²) >= 11 is 6.08. The fraction of sp³-hybridized carbons (Fsp3) is 0.150. The Morgan fingerprint density at radius 1 is 1.00 bits per heavy atom. The Morgan fingerprint density at radius 2 is 1.79 bits per heavy atom. The van der Waals surface area contributed by atoms with Crippen LogP contribution < -0.4 is 5.32 Å². The molecule has 0 spiro atoms. The van der Waals surface area contributed by atoms with Crippen molar-refractivity contribution in [1.82, 2.24) is 4.98 Å². The molecule has 0 fully saturated rings. The van der Waals surface area contributed by atoms with Gasteiger partial charge in [-0.15, -0.1) is 0 Å². The van der Waals surface area contributed by atoms with Crippen LogP contribution in [-0.4, -0.2) is 16.7 Å². The maximum absolute atomic E-state index is 8.98. The SMILES string of the molecule is Cc1cc(Nc2ccc(CCO)cc2)cc(-c2cccc(Cl)c2)n1. The quantitative estimate of drug-likeness (QED) is 0.689. The van der Waals surface area contributed by atoms with Gasteiger partial charge in [0.25, 0.3) is 0 Å². The monoisotopic (exact) mass is 338 g/mol. The molecule has 0 atom stereocenters. The minimum absolute atomic E-state index is 0.166. The van der Waals surface area contributed by atoms with Gasteiger partial charge in [0.15, 0.2) is 0 Å². The van der Waals surface area contributed by atoms with E-state index in [9.17, 15) is 0 Å². The van der Waals surface area contributed by atoms with Crippen molar-refractivity contribution in [2.45, 2.75) is 13.3 Å². The molecule has 0 aliphatic heterocycles. The Morgan fingerprint density at radius 3 is 2.50 bits per heavy atom. The molecule has 3 aromatic rings. The third kappa shape index (κ3) is 4.13. The van der Waals surface area contributed by atoms with Crippen LogP contribution in [0.25, 0.3) is 11.3 Å². The minimum atomic E-state index is 0.166. The van der Waals surface area contributed by atoms with Crippen LogP contribution in [0.3, 0.4) is 0 Å². The molecule has 24 heavy (non-hydrogen) atoms. The first kappa shape index (κ1) is 16.5. The summed E-state index contributed by atoms with van der Waals surface area (Å²) in [6, 6.07) is 19.8. The number of aliphatic hydroxyl groups is 1. The Balaban J connectivity index is 1.86. The standard InChI is InChI=1S/C20H19ClN2O/c1-14-11-19(23-18-7-5-15(6-8-18)9-10-24)13-20(22-14)16-3-2-4-17(21)12-16/h2-8,11-13,24H,9-10H2,1H3,(H,22,23). The highest BCUT2D eigenvalue weighted by molar-refractivity contribution is 6.30. The van der Waals surface area contributed by atoms with Crippen molar-refractivity contribution in [1.29, 1.82) is 0 Å². The molecule has 0 saturated carbocycles. The summed E-state index contributed by atoms with van der Waals surface area (Å²) in [5.41, 5.74) is 5.91. The maximum atomic E-state index is 8.98. The van der Waals surface area contributed by atoms with E-state index in [1.807, 2.05) is 67.6 Å². The molecule has 0 bridgehead atoms. The summed E-state index contributed by atoms with van der Waals surface area (Å²) in [6.45, 7) is 2.14. The van der Waals surface area contributed by atoms with E-state index in [1.54, 1.807) is 0 Å². The van der Waals surface area contributed by atoms with Gasteiger partial charge in [0.2, 0.25) is 0 Å². The molecule has 0 amide bonds. The van der Waals surface area contributed by atoms with E-state index < -0.39 is 0 Å². The molecule has 0 aliphatic carbocycles. The lowest BCUT2D eigenvalue weighted by Gasteiger charge is -2.11. The molecule has 0 saturated heterocycles. The second-order valence-electron chi connectivity index (χ2n) is 5.69. The van der Waals surface area contributed by atoms with Gasteiger partial charge in [0.05, 0.1) is 5.69 Å². The van der Waals surface area contributed by atoms with E-state index >= 15 is 0 Å². The van der Waals surface area contributed by atoms with Crippen LogP contribution in [0, 0.1) is 6.92 Å². The van der Waals surface area contributed by atoms with Crippen LogP contribution >= 0.6 is 11.6 Å². The van der Waals surface area contributed by atoms with E-state index in [4.69, 9.17) is 16.7 Å². The van der Waals surface area contributed by atoms with E-state index in [1.165, 1.54) is 0 Å². The molecule has 1 heterocycles. The summed E-state index contributed by atoms with van der Waals surface area (Å²) in [5.74, 6) is 0. The van der Waals surface area contributed by atoms with Crippen molar-refractivity contribution in [3.63, 3.8) is 0 Å². The third-order valence-electron chi connectivity index (χ3n) is 3.72. The van der Waals surface area contributed by atoms with E-state index in [0.29, 0.717) is 11.4 Å². The Hall–Kier alpha value is -2.36. The lowest BCUT2D eigenvalue weighted by atomic mass is 10.1. The highest BCUT2D eigenvalue weighted by Crippen LogP contribution is 2.26. The molecule has 122 valence electrons. The van der Waals surface area contributed by atoms with E-state index in [2.05, 4.69) is 10.3 Å². The van der Waals surface area contributed by atoms with Crippen molar-refractivity contribution < 1.29 is 5.11 Å². The fourth-order valence-corrected chi connectivity index (χ4v) is 2.78. The summed E-state index contributed by atoms with van der Waals surface area (Å²) in [6.07, 6.45) is 0.674. The normalized spacial score (nSPS) is 10.6. The highest BCUT2D eigenvalue weighted by atomic mass is 35.5. The first-order valence-electron chi connectivity index (χ1n) is 7.85. The second-order valence-corrected chi connectivity index (χ2v) is 6.12. The van der Waals surface area contributed by atoms with Crippen LogP contribution in [0.5, 0.6) is 0 Å². The largest absolute Gasteiger partial charge is 0.396 e. The Kier molecular flexibility index (Phi) is 5.14. The molecule has 3 rings (SSSR count). The van der Waals surface area contributed by atoms with Crippen molar-refractivity contribution in [3.8, 4) is 11.3 Å². The summed E-state index contributed by atoms with van der Waals surface area (Å²) in [7, 11) is 0. The third-order valence-corrected chi connectivity index (χ3v) is 3.95. The minimum Gasteiger partial charge on any atom is -0.396 e. The summed E-state index contributed by atoms with van der Waals surface area (Å²) in [5, 5.41) is 13.1. The molecule has 3 nitrogen and oxygen atoms in total. The van der Waals surface area contributed by atoms with Crippen LogP contribution in [0.15, 0.2) is 60.7 Å². The number of rotatable bonds is 5. The number of benzene rings is 2. The zero-order valence-electron chi connectivity index (χ0n) is 13.5. The lowest BCUT2D eigenvalue weighted by molar-refractivity contribution is 0.299. The van der Waals surface area contributed by atoms with E-state index in [0.717, 1.165) is 33.9 Å². The lowest BCUT2D eigenvalue weighted by Crippen LogP contribution is -1.96. The van der Waals surface area contributed by atoms with Crippen molar-refractivity contribution in [2.24, 2.45) is 0 Å². The number of aryl methyl sites for hydroxylation is 1. The zero-order valence-corrected chi connectivity index (χ0v) is 14.2. The number of halogens is 1. The smallest absolute Gasteiger partial charge is 0.0726 e. The molecular formula is C20H19ClN2O. The van der Waals surface area contributed by atoms with Crippen LogP contribution in [0.2, 0.25) is 5.02 Å². The highest BCUT2D eigenvalue weighted by Gasteiger charge is 2.05. The van der Waals surface area contributed by atoms with Gasteiger partial charge >= 0.3 is 0 Å². The number of anilines is 2. The van der Waals surface area contributed by atoms with Crippen molar-refractivity contribution in [3.05, 3.63) is 76.9 Å². The molecule has 0 aliphatic rings. The summed E-state index contributed by atoms with van der Waals surface area (Å²) < 4.78 is 0. The first-order valence-corrected chi connectivity index (χ1v) is 8.23. The molecule has 4 heteroatoms. The van der Waals surface area contributed by atoms with Crippen LogP contribution in [0.4, 0.5) is 11.4 Å². The average Bonchev–Trinajstić information content (AvgIpc) is 2.56. The van der Waals surface area contributed by atoms with Gasteiger partial charge in [-0.3, -0.25) is 4.98 Å². The fourth-order valence-electron chi connectivity index (χ4n) is 2.59. The number of hydrogen-bond acceptors (Lipinski definition) is 3. The van der Waals surface area contributed by atoms with Crippen LogP contribution in [0.1, 0.15) is 11.3 Å². The van der Waals surface area contributed by atoms with E-state index in [-0.39, 0.29) is 6.61 Å². The Labute approximate surface area is 147 Å². The van der Waals surface area contributed by atoms with Crippen molar-refractivity contribution >= 4 is 23.0 Å². The average molecular weight is 339 g/mol. The number of nitrogens with one attached hydrogen (secondary N) is 1. The topological polar surface area (TPSA) is 45.1 Å². The van der Waals surface area contributed by atoms with Gasteiger partial charge < -0.3 is 10.4 Å². The van der Waals surface area contributed by atoms with Gasteiger partial charge in [-0.1, -0.05) is 35.9 Å². The van der Waals surface area contributed by atoms with Gasteiger partial charge in [-0.25, -0.2) is 0 Å². The predicted molar refractivity (Wildman–Crippen MR) is 99.9 cm³/mol. The van der Waals surface area contributed by atoms with Gasteiger partial charge in [-0.05, 0) is 55.3 Å². The first-order chi connectivity index (χ1) is 11.6. The maximum Gasteiger partial charge on any atom is 0.0726 e. The molecule has 0 radical (unpaired) electrons. The number of aliphatic hydroxyl groups excluding tert-OH is 1. The summed E-state index contributed by atoms with van der Waals surface area (Å²) in [4.78, 5) is 4.60. The zero-order chi connectivity index (χ0) is 16.9. The number of hydrogen-bond donors (Lipinski definition) is 2. The molecule has 0 unspecified atom stereocenters. The van der Waals surface area contributed by atoms with Gasteiger partial charge in [0.1, 0.15) is 0 Å². The molecule has 2 aromatic carbocycles. The second kappa shape index (κ2) is 7.47. The molecular weight excluding hydrogens is 320 g/mol. The van der Waals surface area contributed by atoms with Gasteiger partial charge in [-0.2, -0.15) is 0 Å². The Bertz CT molecular complexity index is 831.